The number of anilines is 1. The monoisotopic (exact) mass is 385 g/mol. The number of aromatic nitrogens is 2. The Morgan fingerprint density at radius 1 is 0.828 bits per heavy atom. The smallest absolute Gasteiger partial charge is 0.253 e. The number of hydrogen-bond acceptors (Lipinski definition) is 5. The minimum absolute atomic E-state index is 0.0386. The van der Waals surface area contributed by atoms with Crippen molar-refractivity contribution in [2.45, 2.75) is 0 Å². The first-order chi connectivity index (χ1) is 14.1. The van der Waals surface area contributed by atoms with Crippen molar-refractivity contribution in [3.63, 3.8) is 0 Å². The molecular formula is C23H23N5O. The highest BCUT2D eigenvalue weighted by Crippen LogP contribution is 2.22. The zero-order valence-corrected chi connectivity index (χ0v) is 16.2. The van der Waals surface area contributed by atoms with Gasteiger partial charge < -0.3 is 15.5 Å². The third-order valence-corrected chi connectivity index (χ3v) is 5.13. The van der Waals surface area contributed by atoms with Gasteiger partial charge in [0.15, 0.2) is 0 Å². The lowest BCUT2D eigenvalue weighted by atomic mass is 10.1. The SMILES string of the molecule is C=C(c1ccc(-c2ccccn2)nc1)N1CCN(C(=O)c2ccc(N)cc2)CC1. The molecule has 0 bridgehead atoms. The average Bonchev–Trinajstić information content (AvgIpc) is 2.79. The van der Waals surface area contributed by atoms with Gasteiger partial charge in [-0.05, 0) is 48.5 Å². The van der Waals surface area contributed by atoms with Crippen molar-refractivity contribution in [3.05, 3.63) is 84.7 Å². The quantitative estimate of drug-likeness (QED) is 0.698. The predicted molar refractivity (Wildman–Crippen MR) is 115 cm³/mol. The number of benzene rings is 1. The maximum Gasteiger partial charge on any atom is 0.253 e. The van der Waals surface area contributed by atoms with Crippen molar-refractivity contribution in [3.8, 4) is 11.4 Å². The number of carbonyl (C=O) groups excluding carboxylic acids is 1. The summed E-state index contributed by atoms with van der Waals surface area (Å²) >= 11 is 0. The molecule has 1 amide bonds. The molecule has 1 fully saturated rings. The summed E-state index contributed by atoms with van der Waals surface area (Å²) in [6, 6.07) is 16.8. The lowest BCUT2D eigenvalue weighted by Gasteiger charge is -2.37. The lowest BCUT2D eigenvalue weighted by molar-refractivity contribution is 0.0686. The summed E-state index contributed by atoms with van der Waals surface area (Å²) < 4.78 is 0. The van der Waals surface area contributed by atoms with Crippen LogP contribution in [0.4, 0.5) is 5.69 Å². The fourth-order valence-electron chi connectivity index (χ4n) is 3.40. The van der Waals surface area contributed by atoms with E-state index in [1.807, 2.05) is 41.4 Å². The number of carbonyl (C=O) groups is 1. The Bertz CT molecular complexity index is 992. The second-order valence-electron chi connectivity index (χ2n) is 7.00. The molecule has 2 N–H and O–H groups in total. The Kier molecular flexibility index (Phi) is 5.24. The first-order valence-corrected chi connectivity index (χ1v) is 9.58. The summed E-state index contributed by atoms with van der Waals surface area (Å²) in [5, 5.41) is 0. The van der Waals surface area contributed by atoms with Crippen molar-refractivity contribution in [2.24, 2.45) is 0 Å². The van der Waals surface area contributed by atoms with Gasteiger partial charge >= 0.3 is 0 Å². The highest BCUT2D eigenvalue weighted by molar-refractivity contribution is 5.94. The van der Waals surface area contributed by atoms with Gasteiger partial charge in [0, 0.05) is 61.1 Å². The molecule has 29 heavy (non-hydrogen) atoms. The van der Waals surface area contributed by atoms with Crippen LogP contribution in [-0.2, 0) is 0 Å². The number of nitrogen functional groups attached to an aromatic ring is 1. The van der Waals surface area contributed by atoms with E-state index >= 15 is 0 Å². The molecule has 2 aromatic heterocycles. The first kappa shape index (κ1) is 18.7. The molecule has 0 spiro atoms. The third-order valence-electron chi connectivity index (χ3n) is 5.13. The zero-order chi connectivity index (χ0) is 20.2. The standard InChI is InChI=1S/C23H23N5O/c1-17(19-7-10-22(26-16-19)21-4-2-3-11-25-21)27-12-14-28(15-13-27)23(29)18-5-8-20(24)9-6-18/h2-11,16H,1,12-15,24H2. The molecule has 1 aliphatic heterocycles. The maximum atomic E-state index is 12.7. The van der Waals surface area contributed by atoms with Crippen LogP contribution < -0.4 is 5.73 Å². The molecule has 0 aliphatic carbocycles. The minimum Gasteiger partial charge on any atom is -0.399 e. The summed E-state index contributed by atoms with van der Waals surface area (Å²) in [7, 11) is 0. The van der Waals surface area contributed by atoms with Gasteiger partial charge in [0.1, 0.15) is 0 Å². The van der Waals surface area contributed by atoms with E-state index in [9.17, 15) is 4.79 Å². The molecule has 1 saturated heterocycles. The van der Waals surface area contributed by atoms with E-state index in [2.05, 4.69) is 21.4 Å². The van der Waals surface area contributed by atoms with E-state index in [0.717, 1.165) is 35.7 Å². The molecule has 3 heterocycles. The van der Waals surface area contributed by atoms with Crippen LogP contribution in [0.25, 0.3) is 17.1 Å². The first-order valence-electron chi connectivity index (χ1n) is 9.58. The van der Waals surface area contributed by atoms with Gasteiger partial charge in [0.2, 0.25) is 0 Å². The molecule has 0 radical (unpaired) electrons. The second kappa shape index (κ2) is 8.14. The number of nitrogens with zero attached hydrogens (tertiary/aromatic N) is 4. The summed E-state index contributed by atoms with van der Waals surface area (Å²) in [4.78, 5) is 25.6. The Morgan fingerprint density at radius 2 is 1.48 bits per heavy atom. The maximum absolute atomic E-state index is 12.7. The molecule has 0 atom stereocenters. The van der Waals surface area contributed by atoms with E-state index in [1.165, 1.54) is 0 Å². The number of amides is 1. The Hall–Kier alpha value is -3.67. The molecule has 6 nitrogen and oxygen atoms in total. The highest BCUT2D eigenvalue weighted by atomic mass is 16.2. The number of hydrogen-bond donors (Lipinski definition) is 1. The van der Waals surface area contributed by atoms with Crippen molar-refractivity contribution in [1.29, 1.82) is 0 Å². The fourth-order valence-corrected chi connectivity index (χ4v) is 3.40. The van der Waals surface area contributed by atoms with Crippen molar-refractivity contribution in [1.82, 2.24) is 19.8 Å². The van der Waals surface area contributed by atoms with Gasteiger partial charge in [0.05, 0.1) is 11.4 Å². The van der Waals surface area contributed by atoms with Crippen LogP contribution >= 0.6 is 0 Å². The number of pyridine rings is 2. The molecular weight excluding hydrogens is 362 g/mol. The van der Waals surface area contributed by atoms with Crippen LogP contribution in [0.1, 0.15) is 15.9 Å². The van der Waals surface area contributed by atoms with E-state index in [0.29, 0.717) is 24.3 Å². The number of piperazine rings is 1. The van der Waals surface area contributed by atoms with Crippen LogP contribution in [0.3, 0.4) is 0 Å². The van der Waals surface area contributed by atoms with E-state index in [1.54, 1.807) is 30.5 Å². The molecule has 3 aromatic rings. The topological polar surface area (TPSA) is 75.4 Å². The molecule has 6 heteroatoms. The predicted octanol–water partition coefficient (Wildman–Crippen LogP) is 3.15. The van der Waals surface area contributed by atoms with Gasteiger partial charge in [-0.3, -0.25) is 14.8 Å². The van der Waals surface area contributed by atoms with Crippen molar-refractivity contribution < 1.29 is 4.79 Å². The van der Waals surface area contributed by atoms with E-state index in [-0.39, 0.29) is 5.91 Å². The van der Waals surface area contributed by atoms with Gasteiger partial charge in [-0.2, -0.15) is 0 Å². The van der Waals surface area contributed by atoms with Crippen LogP contribution in [-0.4, -0.2) is 51.9 Å². The summed E-state index contributed by atoms with van der Waals surface area (Å²) in [6.07, 6.45) is 3.59. The Morgan fingerprint density at radius 3 is 2.10 bits per heavy atom. The van der Waals surface area contributed by atoms with E-state index < -0.39 is 0 Å². The van der Waals surface area contributed by atoms with Crippen molar-refractivity contribution in [2.75, 3.05) is 31.9 Å². The fraction of sp³-hybridized carbons (Fsp3) is 0.174. The molecule has 0 saturated carbocycles. The second-order valence-corrected chi connectivity index (χ2v) is 7.00. The van der Waals surface area contributed by atoms with Gasteiger partial charge in [-0.15, -0.1) is 0 Å². The van der Waals surface area contributed by atoms with Gasteiger partial charge in [-0.1, -0.05) is 12.6 Å². The summed E-state index contributed by atoms with van der Waals surface area (Å²) in [5.41, 5.74) is 10.6. The van der Waals surface area contributed by atoms with Gasteiger partial charge in [0.25, 0.3) is 5.91 Å². The van der Waals surface area contributed by atoms with Crippen molar-refractivity contribution >= 4 is 17.3 Å². The van der Waals surface area contributed by atoms with E-state index in [4.69, 9.17) is 5.73 Å². The number of rotatable bonds is 4. The molecule has 1 aliphatic rings. The average molecular weight is 385 g/mol. The summed E-state index contributed by atoms with van der Waals surface area (Å²) in [6.45, 7) is 7.03. The van der Waals surface area contributed by atoms with Crippen LogP contribution in [0.5, 0.6) is 0 Å². The normalized spacial score (nSPS) is 13.9. The highest BCUT2D eigenvalue weighted by Gasteiger charge is 2.23. The third kappa shape index (κ3) is 4.11. The molecule has 1 aromatic carbocycles. The minimum atomic E-state index is 0.0386. The largest absolute Gasteiger partial charge is 0.399 e. The molecule has 4 rings (SSSR count). The van der Waals surface area contributed by atoms with Gasteiger partial charge in [-0.25, -0.2) is 0 Å². The van der Waals surface area contributed by atoms with Crippen LogP contribution in [0.2, 0.25) is 0 Å². The lowest BCUT2D eigenvalue weighted by Crippen LogP contribution is -2.47. The summed E-state index contributed by atoms with van der Waals surface area (Å²) in [5.74, 6) is 0.0386. The molecule has 146 valence electrons. The Balaban J connectivity index is 1.37. The van der Waals surface area contributed by atoms with Crippen LogP contribution in [0.15, 0.2) is 73.6 Å². The molecule has 0 unspecified atom stereocenters. The zero-order valence-electron chi connectivity index (χ0n) is 16.2. The Labute approximate surface area is 170 Å². The number of nitrogens with two attached hydrogens (primary N) is 1. The van der Waals surface area contributed by atoms with Crippen LogP contribution in [0, 0.1) is 0 Å².